The molecule has 3 rings (SSSR count). The van der Waals surface area contributed by atoms with Crippen molar-refractivity contribution in [2.45, 2.75) is 37.5 Å². The topological polar surface area (TPSA) is 67.6 Å². The van der Waals surface area contributed by atoms with Crippen LogP contribution in [-0.2, 0) is 11.3 Å². The van der Waals surface area contributed by atoms with Crippen molar-refractivity contribution < 1.29 is 13.9 Å². The standard InChI is InChI=1S/C15H20FN3O2/c16-11-3-1-10(2-4-11)7-19-13-5-12(18-15(17)20)6-14(19)9-21-8-13/h1-4,12-14H,5-9H2,(H3,17,18,20). The smallest absolute Gasteiger partial charge is 0.312 e. The Morgan fingerprint density at radius 3 is 2.48 bits per heavy atom. The lowest BCUT2D eigenvalue weighted by Crippen LogP contribution is -2.60. The first-order chi connectivity index (χ1) is 10.1. The molecule has 2 bridgehead atoms. The molecule has 21 heavy (non-hydrogen) atoms. The summed E-state index contributed by atoms with van der Waals surface area (Å²) in [5.74, 6) is -0.216. The third-order valence-corrected chi connectivity index (χ3v) is 4.30. The van der Waals surface area contributed by atoms with E-state index < -0.39 is 6.03 Å². The van der Waals surface area contributed by atoms with Crippen LogP contribution >= 0.6 is 0 Å². The maximum Gasteiger partial charge on any atom is 0.312 e. The molecule has 114 valence electrons. The SMILES string of the molecule is NC(=O)NC1CC2COCC(C1)N2Cc1ccc(F)cc1. The number of halogens is 1. The summed E-state index contributed by atoms with van der Waals surface area (Å²) in [4.78, 5) is 13.4. The number of nitrogens with zero attached hydrogens (tertiary/aromatic N) is 1. The van der Waals surface area contributed by atoms with Gasteiger partial charge < -0.3 is 15.8 Å². The Kier molecular flexibility index (Phi) is 4.07. The van der Waals surface area contributed by atoms with Gasteiger partial charge in [-0.2, -0.15) is 0 Å². The molecule has 1 aromatic rings. The number of amides is 2. The summed E-state index contributed by atoms with van der Waals surface area (Å²) in [5, 5.41) is 2.81. The van der Waals surface area contributed by atoms with E-state index in [4.69, 9.17) is 10.5 Å². The highest BCUT2D eigenvalue weighted by molar-refractivity contribution is 5.72. The number of morpholine rings is 1. The van der Waals surface area contributed by atoms with Gasteiger partial charge in [-0.3, -0.25) is 4.90 Å². The lowest BCUT2D eigenvalue weighted by atomic mass is 9.89. The number of piperidine rings is 1. The van der Waals surface area contributed by atoms with Crippen LogP contribution < -0.4 is 11.1 Å². The van der Waals surface area contributed by atoms with Crippen LogP contribution in [0.1, 0.15) is 18.4 Å². The molecule has 2 heterocycles. The van der Waals surface area contributed by atoms with Gasteiger partial charge in [0.2, 0.25) is 0 Å². The molecule has 2 aliphatic heterocycles. The van der Waals surface area contributed by atoms with Gasteiger partial charge in [-0.25, -0.2) is 9.18 Å². The second kappa shape index (κ2) is 5.99. The summed E-state index contributed by atoms with van der Waals surface area (Å²) in [6.45, 7) is 2.10. The molecule has 2 saturated heterocycles. The van der Waals surface area contributed by atoms with Gasteiger partial charge in [-0.1, -0.05) is 12.1 Å². The summed E-state index contributed by atoms with van der Waals surface area (Å²) in [6.07, 6.45) is 1.67. The van der Waals surface area contributed by atoms with Gasteiger partial charge in [-0.15, -0.1) is 0 Å². The Labute approximate surface area is 123 Å². The van der Waals surface area contributed by atoms with Crippen molar-refractivity contribution in [1.29, 1.82) is 0 Å². The molecule has 2 aliphatic rings. The van der Waals surface area contributed by atoms with E-state index in [0.717, 1.165) is 24.9 Å². The molecule has 0 aromatic heterocycles. The van der Waals surface area contributed by atoms with Crippen LogP contribution in [0.3, 0.4) is 0 Å². The fraction of sp³-hybridized carbons (Fsp3) is 0.533. The predicted molar refractivity (Wildman–Crippen MR) is 76.1 cm³/mol. The van der Waals surface area contributed by atoms with Crippen LogP contribution in [0.2, 0.25) is 0 Å². The maximum absolute atomic E-state index is 13.0. The summed E-state index contributed by atoms with van der Waals surface area (Å²) in [5.41, 5.74) is 6.31. The van der Waals surface area contributed by atoms with Crippen LogP contribution in [0.4, 0.5) is 9.18 Å². The molecule has 6 heteroatoms. The molecular formula is C15H20FN3O2. The number of fused-ring (bicyclic) bond motifs is 2. The molecule has 1 aromatic carbocycles. The van der Waals surface area contributed by atoms with Gasteiger partial charge in [0.15, 0.2) is 0 Å². The van der Waals surface area contributed by atoms with Crippen molar-refractivity contribution in [2.75, 3.05) is 13.2 Å². The summed E-state index contributed by atoms with van der Waals surface area (Å²) >= 11 is 0. The predicted octanol–water partition coefficient (Wildman–Crippen LogP) is 1.23. The molecule has 3 N–H and O–H groups in total. The van der Waals surface area contributed by atoms with E-state index in [1.807, 2.05) is 12.1 Å². The zero-order valence-corrected chi connectivity index (χ0v) is 11.8. The number of nitrogens with two attached hydrogens (primary N) is 1. The molecular weight excluding hydrogens is 273 g/mol. The Hall–Kier alpha value is -1.66. The van der Waals surface area contributed by atoms with E-state index in [1.165, 1.54) is 12.1 Å². The quantitative estimate of drug-likeness (QED) is 0.880. The second-order valence-electron chi connectivity index (χ2n) is 5.82. The van der Waals surface area contributed by atoms with E-state index in [9.17, 15) is 9.18 Å². The minimum Gasteiger partial charge on any atom is -0.378 e. The van der Waals surface area contributed by atoms with Gasteiger partial charge in [0.1, 0.15) is 5.82 Å². The number of hydrogen-bond donors (Lipinski definition) is 2. The zero-order valence-electron chi connectivity index (χ0n) is 11.8. The van der Waals surface area contributed by atoms with Crippen molar-refractivity contribution in [3.63, 3.8) is 0 Å². The number of benzene rings is 1. The average molecular weight is 293 g/mol. The first kappa shape index (κ1) is 14.3. The van der Waals surface area contributed by atoms with Gasteiger partial charge >= 0.3 is 6.03 Å². The first-order valence-corrected chi connectivity index (χ1v) is 7.25. The molecule has 0 radical (unpaired) electrons. The number of carbonyl (C=O) groups is 1. The monoisotopic (exact) mass is 293 g/mol. The van der Waals surface area contributed by atoms with Gasteiger partial charge in [0.25, 0.3) is 0 Å². The highest BCUT2D eigenvalue weighted by atomic mass is 19.1. The van der Waals surface area contributed by atoms with Crippen molar-refractivity contribution >= 4 is 6.03 Å². The third kappa shape index (κ3) is 3.33. The zero-order chi connectivity index (χ0) is 14.8. The molecule has 2 unspecified atom stereocenters. The number of nitrogens with one attached hydrogen (secondary N) is 1. The van der Waals surface area contributed by atoms with Crippen LogP contribution in [0, 0.1) is 5.82 Å². The first-order valence-electron chi connectivity index (χ1n) is 7.25. The van der Waals surface area contributed by atoms with E-state index in [2.05, 4.69) is 10.2 Å². The van der Waals surface area contributed by atoms with Crippen LogP contribution in [0.25, 0.3) is 0 Å². The molecule has 2 fully saturated rings. The lowest BCUT2D eigenvalue weighted by molar-refractivity contribution is -0.0840. The van der Waals surface area contributed by atoms with Crippen LogP contribution in [0.15, 0.2) is 24.3 Å². The molecule has 0 spiro atoms. The molecule has 0 saturated carbocycles. The molecule has 5 nitrogen and oxygen atoms in total. The average Bonchev–Trinajstić information content (AvgIpc) is 2.41. The fourth-order valence-corrected chi connectivity index (χ4v) is 3.37. The van der Waals surface area contributed by atoms with Crippen molar-refractivity contribution in [1.82, 2.24) is 10.2 Å². The lowest BCUT2D eigenvalue weighted by Gasteiger charge is -2.48. The highest BCUT2D eigenvalue weighted by Gasteiger charge is 2.39. The van der Waals surface area contributed by atoms with Crippen LogP contribution in [0.5, 0.6) is 0 Å². The number of carbonyl (C=O) groups excluding carboxylic acids is 1. The Morgan fingerprint density at radius 1 is 1.29 bits per heavy atom. The van der Waals surface area contributed by atoms with Crippen molar-refractivity contribution in [2.24, 2.45) is 5.73 Å². The van der Waals surface area contributed by atoms with E-state index >= 15 is 0 Å². The number of urea groups is 1. The number of hydrogen-bond acceptors (Lipinski definition) is 3. The normalized spacial score (nSPS) is 29.1. The summed E-state index contributed by atoms with van der Waals surface area (Å²) in [6, 6.07) is 6.79. The number of primary amides is 1. The van der Waals surface area contributed by atoms with Crippen LogP contribution in [-0.4, -0.2) is 42.3 Å². The van der Waals surface area contributed by atoms with E-state index in [0.29, 0.717) is 13.2 Å². The Morgan fingerprint density at radius 2 is 1.90 bits per heavy atom. The van der Waals surface area contributed by atoms with Gasteiger partial charge in [0, 0.05) is 24.7 Å². The van der Waals surface area contributed by atoms with E-state index in [-0.39, 0.29) is 23.9 Å². The minimum atomic E-state index is -0.467. The van der Waals surface area contributed by atoms with Crippen molar-refractivity contribution in [3.8, 4) is 0 Å². The Balaban J connectivity index is 1.68. The molecule has 2 atom stereocenters. The number of rotatable bonds is 3. The summed E-state index contributed by atoms with van der Waals surface area (Å²) < 4.78 is 18.6. The second-order valence-corrected chi connectivity index (χ2v) is 5.82. The van der Waals surface area contributed by atoms with Crippen molar-refractivity contribution in [3.05, 3.63) is 35.6 Å². The Bertz CT molecular complexity index is 494. The van der Waals surface area contributed by atoms with E-state index in [1.54, 1.807) is 0 Å². The molecule has 2 amide bonds. The van der Waals surface area contributed by atoms with Gasteiger partial charge in [0.05, 0.1) is 13.2 Å². The highest BCUT2D eigenvalue weighted by Crippen LogP contribution is 2.29. The third-order valence-electron chi connectivity index (χ3n) is 4.30. The number of ether oxygens (including phenoxy) is 1. The van der Waals surface area contributed by atoms with Gasteiger partial charge in [-0.05, 0) is 30.5 Å². The molecule has 0 aliphatic carbocycles. The maximum atomic E-state index is 13.0. The largest absolute Gasteiger partial charge is 0.378 e. The minimum absolute atomic E-state index is 0.117. The summed E-state index contributed by atoms with van der Waals surface area (Å²) in [7, 11) is 0. The fourth-order valence-electron chi connectivity index (χ4n) is 3.37.